The molecule has 0 saturated heterocycles. The van der Waals surface area contributed by atoms with Crippen LogP contribution in [-0.2, 0) is 24.3 Å². The normalized spacial score (nSPS) is 10.5. The molecule has 3 rings (SSSR count). The summed E-state index contributed by atoms with van der Waals surface area (Å²) in [6, 6.07) is 13.4. The Morgan fingerprint density at radius 3 is 2.59 bits per heavy atom. The predicted octanol–water partition coefficient (Wildman–Crippen LogP) is 1.50. The molecule has 0 saturated carbocycles. The van der Waals surface area contributed by atoms with Crippen molar-refractivity contribution in [3.8, 4) is 0 Å². The lowest BCUT2D eigenvalue weighted by Crippen LogP contribution is -2.34. The number of pyridine rings is 1. The molecule has 8 nitrogen and oxygen atoms in total. The van der Waals surface area contributed by atoms with Crippen LogP contribution < -0.4 is 21.9 Å². The number of nitrogen functional groups attached to an aromatic ring is 1. The second-order valence-electron chi connectivity index (χ2n) is 6.67. The third-order valence-corrected chi connectivity index (χ3v) is 4.44. The Morgan fingerprint density at radius 2 is 1.86 bits per heavy atom. The fourth-order valence-electron chi connectivity index (χ4n) is 2.80. The predicted molar refractivity (Wildman–Crippen MR) is 112 cm³/mol. The van der Waals surface area contributed by atoms with Gasteiger partial charge in [-0.1, -0.05) is 36.4 Å². The number of hydrogen-bond donors (Lipinski definition) is 3. The van der Waals surface area contributed by atoms with E-state index in [2.05, 4.69) is 20.6 Å². The monoisotopic (exact) mass is 392 g/mol. The maximum absolute atomic E-state index is 12.7. The highest BCUT2D eigenvalue weighted by molar-refractivity contribution is 5.75. The summed E-state index contributed by atoms with van der Waals surface area (Å²) in [7, 11) is 0. The van der Waals surface area contributed by atoms with Crippen molar-refractivity contribution >= 4 is 17.5 Å². The summed E-state index contributed by atoms with van der Waals surface area (Å²) in [4.78, 5) is 33.2. The fraction of sp³-hybridized carbons (Fsp3) is 0.238. The van der Waals surface area contributed by atoms with E-state index in [1.807, 2.05) is 30.3 Å². The van der Waals surface area contributed by atoms with Gasteiger partial charge in [0, 0.05) is 31.2 Å². The molecule has 0 aliphatic heterocycles. The van der Waals surface area contributed by atoms with Crippen LogP contribution in [0.25, 0.3) is 0 Å². The molecule has 1 amide bonds. The van der Waals surface area contributed by atoms with Crippen LogP contribution in [0.15, 0.2) is 59.7 Å². The minimum atomic E-state index is -0.317. The van der Waals surface area contributed by atoms with Crippen LogP contribution in [-0.4, -0.2) is 27.0 Å². The van der Waals surface area contributed by atoms with E-state index in [0.717, 1.165) is 12.0 Å². The van der Waals surface area contributed by atoms with E-state index in [0.29, 0.717) is 24.6 Å². The number of aryl methyl sites for hydroxylation is 1. The van der Waals surface area contributed by atoms with Gasteiger partial charge in [-0.3, -0.25) is 14.2 Å². The van der Waals surface area contributed by atoms with E-state index in [-0.39, 0.29) is 23.8 Å². The largest absolute Gasteiger partial charge is 0.384 e. The summed E-state index contributed by atoms with van der Waals surface area (Å²) in [5.74, 6) is 0.391. The Hall–Kier alpha value is -3.68. The molecule has 4 N–H and O–H groups in total. The van der Waals surface area contributed by atoms with Crippen LogP contribution in [0.5, 0.6) is 0 Å². The van der Waals surface area contributed by atoms with Crippen molar-refractivity contribution in [2.24, 2.45) is 0 Å². The summed E-state index contributed by atoms with van der Waals surface area (Å²) >= 11 is 0. The first-order chi connectivity index (χ1) is 14.0. The number of aromatic nitrogens is 3. The third-order valence-electron chi connectivity index (χ3n) is 4.44. The number of carbonyl (C=O) groups is 1. The van der Waals surface area contributed by atoms with Gasteiger partial charge >= 0.3 is 0 Å². The Kier molecular flexibility index (Phi) is 6.57. The van der Waals surface area contributed by atoms with Crippen molar-refractivity contribution in [3.05, 3.63) is 82.0 Å². The molecule has 0 spiro atoms. The lowest BCUT2D eigenvalue weighted by Gasteiger charge is -2.12. The molecule has 1 aromatic carbocycles. The number of rotatable bonds is 8. The quantitative estimate of drug-likeness (QED) is 0.535. The van der Waals surface area contributed by atoms with E-state index in [9.17, 15) is 9.59 Å². The van der Waals surface area contributed by atoms with E-state index >= 15 is 0 Å². The van der Waals surface area contributed by atoms with Gasteiger partial charge in [0.2, 0.25) is 5.91 Å². The minimum absolute atomic E-state index is 0.0804. The first-order valence-corrected chi connectivity index (χ1v) is 9.34. The highest BCUT2D eigenvalue weighted by atomic mass is 16.2. The Bertz CT molecular complexity index is 1020. The van der Waals surface area contributed by atoms with Gasteiger partial charge in [0.1, 0.15) is 12.4 Å². The SMILES string of the molecule is Cc1cnc(NCCc2ccccc2)c(=O)n1CC(=O)NCc1ccc(N)nc1. The highest BCUT2D eigenvalue weighted by Crippen LogP contribution is 2.03. The molecule has 8 heteroatoms. The van der Waals surface area contributed by atoms with Crippen molar-refractivity contribution in [1.29, 1.82) is 0 Å². The number of hydrogen-bond acceptors (Lipinski definition) is 6. The zero-order valence-corrected chi connectivity index (χ0v) is 16.3. The van der Waals surface area contributed by atoms with Crippen LogP contribution in [0.1, 0.15) is 16.8 Å². The van der Waals surface area contributed by atoms with Crippen molar-refractivity contribution in [3.63, 3.8) is 0 Å². The molecule has 2 aromatic heterocycles. The molecule has 29 heavy (non-hydrogen) atoms. The Balaban J connectivity index is 1.59. The summed E-state index contributed by atoms with van der Waals surface area (Å²) in [6.07, 6.45) is 3.96. The molecule has 0 radical (unpaired) electrons. The van der Waals surface area contributed by atoms with E-state index in [1.165, 1.54) is 10.1 Å². The summed E-state index contributed by atoms with van der Waals surface area (Å²) in [5, 5.41) is 5.85. The van der Waals surface area contributed by atoms with Crippen LogP contribution in [0.2, 0.25) is 0 Å². The maximum atomic E-state index is 12.7. The Labute approximate surface area is 168 Å². The minimum Gasteiger partial charge on any atom is -0.384 e. The topological polar surface area (TPSA) is 115 Å². The number of benzene rings is 1. The zero-order valence-electron chi connectivity index (χ0n) is 16.3. The summed E-state index contributed by atoms with van der Waals surface area (Å²) in [6.45, 7) is 2.56. The molecule has 0 bridgehead atoms. The first kappa shape index (κ1) is 20.1. The average Bonchev–Trinajstić information content (AvgIpc) is 2.73. The van der Waals surface area contributed by atoms with Crippen molar-refractivity contribution in [2.45, 2.75) is 26.4 Å². The number of nitrogens with two attached hydrogens (primary N) is 1. The lowest BCUT2D eigenvalue weighted by molar-refractivity contribution is -0.121. The molecule has 3 aromatic rings. The number of carbonyl (C=O) groups excluding carboxylic acids is 1. The number of nitrogens with one attached hydrogen (secondary N) is 2. The van der Waals surface area contributed by atoms with Gasteiger partial charge in [-0.25, -0.2) is 9.97 Å². The molecular weight excluding hydrogens is 368 g/mol. The molecule has 0 atom stereocenters. The van der Waals surface area contributed by atoms with Gasteiger partial charge in [-0.15, -0.1) is 0 Å². The number of anilines is 2. The highest BCUT2D eigenvalue weighted by Gasteiger charge is 2.11. The average molecular weight is 392 g/mol. The molecule has 2 heterocycles. The van der Waals surface area contributed by atoms with Gasteiger partial charge in [0.15, 0.2) is 5.82 Å². The van der Waals surface area contributed by atoms with Crippen molar-refractivity contribution in [2.75, 3.05) is 17.6 Å². The van der Waals surface area contributed by atoms with E-state index in [1.54, 1.807) is 31.5 Å². The maximum Gasteiger partial charge on any atom is 0.293 e. The molecular formula is C21H24N6O2. The van der Waals surface area contributed by atoms with Gasteiger partial charge in [-0.05, 0) is 30.5 Å². The third kappa shape index (κ3) is 5.65. The smallest absolute Gasteiger partial charge is 0.293 e. The van der Waals surface area contributed by atoms with E-state index < -0.39 is 0 Å². The summed E-state index contributed by atoms with van der Waals surface area (Å²) in [5.41, 5.74) is 7.85. The lowest BCUT2D eigenvalue weighted by atomic mass is 10.1. The van der Waals surface area contributed by atoms with Crippen LogP contribution in [0.4, 0.5) is 11.6 Å². The number of nitrogens with zero attached hydrogens (tertiary/aromatic N) is 3. The van der Waals surface area contributed by atoms with Crippen LogP contribution in [0.3, 0.4) is 0 Å². The second kappa shape index (κ2) is 9.50. The van der Waals surface area contributed by atoms with Gasteiger partial charge in [0.25, 0.3) is 5.56 Å². The van der Waals surface area contributed by atoms with Crippen LogP contribution in [0, 0.1) is 6.92 Å². The van der Waals surface area contributed by atoms with Crippen molar-refractivity contribution in [1.82, 2.24) is 19.9 Å². The number of amides is 1. The molecule has 150 valence electrons. The van der Waals surface area contributed by atoms with Gasteiger partial charge in [0.05, 0.1) is 0 Å². The second-order valence-corrected chi connectivity index (χ2v) is 6.67. The molecule has 0 aliphatic rings. The van der Waals surface area contributed by atoms with Crippen molar-refractivity contribution < 1.29 is 4.79 Å². The summed E-state index contributed by atoms with van der Waals surface area (Å²) < 4.78 is 1.41. The molecule has 0 fully saturated rings. The first-order valence-electron chi connectivity index (χ1n) is 9.34. The Morgan fingerprint density at radius 1 is 1.07 bits per heavy atom. The zero-order chi connectivity index (χ0) is 20.6. The van der Waals surface area contributed by atoms with Gasteiger partial charge < -0.3 is 16.4 Å². The standard InChI is InChI=1S/C21H24N6O2/c1-15-11-26-20(23-10-9-16-5-3-2-4-6-16)21(29)27(15)14-19(28)25-13-17-7-8-18(22)24-12-17/h2-8,11-12H,9-10,13-14H2,1H3,(H2,22,24)(H,23,26)(H,25,28). The molecule has 0 unspecified atom stereocenters. The fourth-order valence-corrected chi connectivity index (χ4v) is 2.80. The van der Waals surface area contributed by atoms with E-state index in [4.69, 9.17) is 5.73 Å². The van der Waals surface area contributed by atoms with Crippen LogP contribution >= 0.6 is 0 Å². The molecule has 0 aliphatic carbocycles. The van der Waals surface area contributed by atoms with Gasteiger partial charge in [-0.2, -0.15) is 0 Å².